The predicted molar refractivity (Wildman–Crippen MR) is 133 cm³/mol. The Hall–Kier alpha value is -3.59. The van der Waals surface area contributed by atoms with E-state index in [1.165, 1.54) is 5.01 Å². The van der Waals surface area contributed by atoms with E-state index < -0.39 is 0 Å². The molecule has 0 saturated carbocycles. The van der Waals surface area contributed by atoms with Crippen LogP contribution in [0, 0.1) is 5.92 Å². The summed E-state index contributed by atoms with van der Waals surface area (Å²) in [7, 11) is 4.84. The van der Waals surface area contributed by atoms with Crippen LogP contribution in [0.5, 0.6) is 11.5 Å². The Morgan fingerprint density at radius 3 is 2.45 bits per heavy atom. The fraction of sp³-hybridized carbons (Fsp3) is 0.292. The fourth-order valence-electron chi connectivity index (χ4n) is 3.12. The van der Waals surface area contributed by atoms with Gasteiger partial charge in [0.1, 0.15) is 5.69 Å². The summed E-state index contributed by atoms with van der Waals surface area (Å²) < 4.78 is 12.5. The number of ether oxygens (including phenoxy) is 2. The largest absolute Gasteiger partial charge is 0.493 e. The number of carbonyl (C=O) groups excluding carboxylic acids is 1. The van der Waals surface area contributed by atoms with Crippen molar-refractivity contribution >= 4 is 23.2 Å². The molecule has 2 N–H and O–H groups in total. The lowest BCUT2D eigenvalue weighted by Crippen LogP contribution is -2.48. The number of rotatable bonds is 7. The Morgan fingerprint density at radius 2 is 1.82 bits per heavy atom. The van der Waals surface area contributed by atoms with Gasteiger partial charge in [0.15, 0.2) is 16.6 Å². The van der Waals surface area contributed by atoms with E-state index in [-0.39, 0.29) is 5.91 Å². The van der Waals surface area contributed by atoms with Crippen molar-refractivity contribution in [1.29, 1.82) is 0 Å². The molecule has 2 aromatic carbocycles. The van der Waals surface area contributed by atoms with Crippen LogP contribution in [-0.4, -0.2) is 53.6 Å². The van der Waals surface area contributed by atoms with Crippen LogP contribution in [0.4, 0.5) is 0 Å². The van der Waals surface area contributed by atoms with Gasteiger partial charge in [0.2, 0.25) is 0 Å². The minimum atomic E-state index is -0.335. The van der Waals surface area contributed by atoms with Crippen molar-refractivity contribution in [3.8, 4) is 28.4 Å². The van der Waals surface area contributed by atoms with Crippen LogP contribution in [0.15, 0.2) is 54.7 Å². The number of thiocarbonyl (C=S) groups is 1. The summed E-state index contributed by atoms with van der Waals surface area (Å²) in [5.41, 5.74) is 5.28. The average Bonchev–Trinajstić information content (AvgIpc) is 3.28. The second-order valence-electron chi connectivity index (χ2n) is 7.82. The molecular formula is C24H29N5O3S. The van der Waals surface area contributed by atoms with Crippen LogP contribution in [-0.2, 0) is 0 Å². The molecule has 0 unspecified atom stereocenters. The number of nitrogens with zero attached hydrogens (tertiary/aromatic N) is 3. The first-order chi connectivity index (χ1) is 15.8. The van der Waals surface area contributed by atoms with Gasteiger partial charge in [0.05, 0.1) is 25.5 Å². The van der Waals surface area contributed by atoms with Gasteiger partial charge in [-0.15, -0.1) is 0 Å². The molecule has 1 amide bonds. The minimum Gasteiger partial charge on any atom is -0.493 e. The van der Waals surface area contributed by atoms with Gasteiger partial charge in [-0.2, -0.15) is 5.10 Å². The van der Waals surface area contributed by atoms with Crippen LogP contribution in [0.2, 0.25) is 0 Å². The summed E-state index contributed by atoms with van der Waals surface area (Å²) in [5, 5.41) is 9.77. The maximum atomic E-state index is 13.3. The standard InChI is InChI=1S/C24H29N5O3S/c1-16(2)14-25-24(33)28(3)27-23(30)19-15-29(18-9-7-6-8-10-18)26-22(19)17-11-12-20(31-4)21(13-17)32-5/h6-13,15-16H,14H2,1-5H3,(H,25,33)(H,27,30). The summed E-state index contributed by atoms with van der Waals surface area (Å²) in [5.74, 6) is 1.23. The first kappa shape index (κ1) is 24.1. The third-order valence-corrected chi connectivity index (χ3v) is 5.29. The molecule has 0 saturated heterocycles. The maximum absolute atomic E-state index is 13.3. The Labute approximate surface area is 199 Å². The molecular weight excluding hydrogens is 438 g/mol. The summed E-state index contributed by atoms with van der Waals surface area (Å²) in [6.45, 7) is 4.88. The number of hydrogen-bond acceptors (Lipinski definition) is 5. The van der Waals surface area contributed by atoms with Gasteiger partial charge in [-0.1, -0.05) is 32.0 Å². The average molecular weight is 468 g/mol. The molecule has 1 aromatic heterocycles. The monoisotopic (exact) mass is 467 g/mol. The van der Waals surface area contributed by atoms with E-state index >= 15 is 0 Å². The van der Waals surface area contributed by atoms with Gasteiger partial charge in [0, 0.05) is 25.4 Å². The fourth-order valence-corrected chi connectivity index (χ4v) is 3.25. The molecule has 0 aliphatic carbocycles. The lowest BCUT2D eigenvalue weighted by Gasteiger charge is -2.22. The van der Waals surface area contributed by atoms with Gasteiger partial charge in [-0.25, -0.2) is 4.68 Å². The zero-order valence-electron chi connectivity index (χ0n) is 19.5. The van der Waals surface area contributed by atoms with Crippen molar-refractivity contribution in [1.82, 2.24) is 25.5 Å². The van der Waals surface area contributed by atoms with Gasteiger partial charge >= 0.3 is 0 Å². The van der Waals surface area contributed by atoms with Crippen molar-refractivity contribution in [2.45, 2.75) is 13.8 Å². The lowest BCUT2D eigenvalue weighted by molar-refractivity contribution is 0.0887. The van der Waals surface area contributed by atoms with Crippen LogP contribution in [0.1, 0.15) is 24.2 Å². The highest BCUT2D eigenvalue weighted by Gasteiger charge is 2.21. The quantitative estimate of drug-likeness (QED) is 0.405. The second-order valence-corrected chi connectivity index (χ2v) is 8.21. The zero-order valence-corrected chi connectivity index (χ0v) is 20.3. The molecule has 8 nitrogen and oxygen atoms in total. The Balaban J connectivity index is 1.97. The second kappa shape index (κ2) is 10.8. The molecule has 174 valence electrons. The number of para-hydroxylation sites is 1. The van der Waals surface area contributed by atoms with Gasteiger partial charge < -0.3 is 14.8 Å². The maximum Gasteiger partial charge on any atom is 0.273 e. The van der Waals surface area contributed by atoms with Gasteiger partial charge in [-0.05, 0) is 48.5 Å². The first-order valence-corrected chi connectivity index (χ1v) is 10.9. The molecule has 3 rings (SSSR count). The van der Waals surface area contributed by atoms with E-state index in [1.54, 1.807) is 44.3 Å². The SMILES string of the molecule is COc1ccc(-c2nn(-c3ccccc3)cc2C(=O)NN(C)C(=S)NCC(C)C)cc1OC. The minimum absolute atomic E-state index is 0.335. The van der Waals surface area contributed by atoms with E-state index in [2.05, 4.69) is 24.6 Å². The number of hydrazine groups is 1. The van der Waals surface area contributed by atoms with Crippen molar-refractivity contribution in [2.24, 2.45) is 5.92 Å². The van der Waals surface area contributed by atoms with Crippen LogP contribution in [0.3, 0.4) is 0 Å². The molecule has 3 aromatic rings. The number of amides is 1. The van der Waals surface area contributed by atoms with Crippen molar-refractivity contribution in [2.75, 3.05) is 27.8 Å². The molecule has 0 aliphatic rings. The van der Waals surface area contributed by atoms with E-state index in [0.29, 0.717) is 40.3 Å². The summed E-state index contributed by atoms with van der Waals surface area (Å²) >= 11 is 5.38. The van der Waals surface area contributed by atoms with Crippen LogP contribution in [0.25, 0.3) is 16.9 Å². The number of aromatic nitrogens is 2. The van der Waals surface area contributed by atoms with Crippen molar-refractivity contribution in [3.63, 3.8) is 0 Å². The van der Waals surface area contributed by atoms with Crippen molar-refractivity contribution in [3.05, 3.63) is 60.3 Å². The van der Waals surface area contributed by atoms with Gasteiger partial charge in [-0.3, -0.25) is 15.2 Å². The topological polar surface area (TPSA) is 80.7 Å². The molecule has 33 heavy (non-hydrogen) atoms. The Bertz CT molecular complexity index is 1110. The smallest absolute Gasteiger partial charge is 0.273 e. The summed E-state index contributed by atoms with van der Waals surface area (Å²) in [6.07, 6.45) is 1.70. The Morgan fingerprint density at radius 1 is 1.12 bits per heavy atom. The summed E-state index contributed by atoms with van der Waals surface area (Å²) in [6, 6.07) is 15.0. The molecule has 0 aliphatic heterocycles. The van der Waals surface area contributed by atoms with Crippen molar-refractivity contribution < 1.29 is 14.3 Å². The molecule has 0 fully saturated rings. The number of hydrogen-bond donors (Lipinski definition) is 2. The van der Waals surface area contributed by atoms with E-state index in [1.807, 2.05) is 36.4 Å². The molecule has 1 heterocycles. The zero-order chi connectivity index (χ0) is 24.0. The van der Waals surface area contributed by atoms with E-state index in [4.69, 9.17) is 26.8 Å². The highest BCUT2D eigenvalue weighted by Crippen LogP contribution is 2.33. The summed E-state index contributed by atoms with van der Waals surface area (Å²) in [4.78, 5) is 13.3. The van der Waals surface area contributed by atoms with Gasteiger partial charge in [0.25, 0.3) is 5.91 Å². The third-order valence-electron chi connectivity index (χ3n) is 4.87. The highest BCUT2D eigenvalue weighted by molar-refractivity contribution is 7.80. The first-order valence-electron chi connectivity index (χ1n) is 10.5. The number of benzene rings is 2. The van der Waals surface area contributed by atoms with E-state index in [0.717, 1.165) is 11.3 Å². The molecule has 0 atom stereocenters. The molecule has 9 heteroatoms. The number of nitrogens with one attached hydrogen (secondary N) is 2. The highest BCUT2D eigenvalue weighted by atomic mass is 32.1. The number of carbonyl (C=O) groups is 1. The van der Waals surface area contributed by atoms with Crippen LogP contribution >= 0.6 is 12.2 Å². The lowest BCUT2D eigenvalue weighted by atomic mass is 10.1. The van der Waals surface area contributed by atoms with Crippen LogP contribution < -0.4 is 20.2 Å². The predicted octanol–water partition coefficient (Wildman–Crippen LogP) is 3.66. The normalized spacial score (nSPS) is 10.6. The molecule has 0 bridgehead atoms. The number of methoxy groups -OCH3 is 2. The van der Waals surface area contributed by atoms with E-state index in [9.17, 15) is 4.79 Å². The molecule has 0 radical (unpaired) electrons. The third kappa shape index (κ3) is 5.81. The molecule has 0 spiro atoms. The Kier molecular flexibility index (Phi) is 7.89.